The van der Waals surface area contributed by atoms with E-state index in [4.69, 9.17) is 9.15 Å². The maximum Gasteiger partial charge on any atom is 0.287 e. The van der Waals surface area contributed by atoms with Gasteiger partial charge in [-0.15, -0.1) is 0 Å². The van der Waals surface area contributed by atoms with Gasteiger partial charge in [-0.05, 0) is 55.2 Å². The summed E-state index contributed by atoms with van der Waals surface area (Å²) in [4.78, 5) is 13.5. The first-order valence-corrected chi connectivity index (χ1v) is 9.64. The van der Waals surface area contributed by atoms with Gasteiger partial charge < -0.3 is 14.5 Å². The molecular weight excluding hydrogens is 358 g/mol. The molecular formula is C22H23NO3S. The summed E-state index contributed by atoms with van der Waals surface area (Å²) in [6.45, 7) is 4.66. The quantitative estimate of drug-likeness (QED) is 0.624. The van der Waals surface area contributed by atoms with E-state index in [0.717, 1.165) is 16.2 Å². The molecule has 0 aliphatic heterocycles. The Balaban J connectivity index is 1.58. The molecule has 5 heteroatoms. The van der Waals surface area contributed by atoms with E-state index in [1.807, 2.05) is 36.4 Å². The van der Waals surface area contributed by atoms with Gasteiger partial charge in [0, 0.05) is 11.4 Å². The minimum Gasteiger partial charge on any atom is -0.496 e. The number of hydrogen-bond donors (Lipinski definition) is 1. The van der Waals surface area contributed by atoms with Crippen LogP contribution in [0.1, 0.15) is 27.2 Å². The third kappa shape index (κ3) is 4.74. The number of rotatable bonds is 7. The fourth-order valence-corrected chi connectivity index (χ4v) is 3.79. The van der Waals surface area contributed by atoms with Crippen molar-refractivity contribution in [3.05, 3.63) is 77.0 Å². The summed E-state index contributed by atoms with van der Waals surface area (Å²) in [7, 11) is 1.65. The number of para-hydroxylation sites is 1. The number of amides is 1. The highest BCUT2D eigenvalue weighted by Crippen LogP contribution is 2.33. The normalized spacial score (nSPS) is 10.6. The maximum absolute atomic E-state index is 12.3. The lowest BCUT2D eigenvalue weighted by molar-refractivity contribution is 0.0921. The zero-order chi connectivity index (χ0) is 19.2. The number of methoxy groups -OCH3 is 1. The molecule has 0 unspecified atom stereocenters. The van der Waals surface area contributed by atoms with Gasteiger partial charge in [-0.1, -0.05) is 48.2 Å². The largest absolute Gasteiger partial charge is 0.496 e. The lowest BCUT2D eigenvalue weighted by Gasteiger charge is -2.08. The molecule has 1 amide bonds. The van der Waals surface area contributed by atoms with Crippen LogP contribution >= 0.6 is 11.8 Å². The second kappa shape index (κ2) is 8.82. The van der Waals surface area contributed by atoms with Crippen LogP contribution in [0, 0.1) is 13.8 Å². The first-order valence-electron chi connectivity index (χ1n) is 8.82. The Morgan fingerprint density at radius 3 is 2.52 bits per heavy atom. The van der Waals surface area contributed by atoms with Crippen LogP contribution in [-0.2, 0) is 6.42 Å². The number of carbonyl (C=O) groups is 1. The third-order valence-electron chi connectivity index (χ3n) is 4.29. The summed E-state index contributed by atoms with van der Waals surface area (Å²) in [6, 6.07) is 17.5. The topological polar surface area (TPSA) is 51.5 Å². The SMILES string of the molecule is COc1ccccc1CCNC(=O)c1ccc(Sc2c(C)cccc2C)o1. The van der Waals surface area contributed by atoms with Crippen LogP contribution in [0.25, 0.3) is 0 Å². The molecule has 0 aliphatic rings. The Bertz CT molecular complexity index is 913. The molecule has 3 rings (SSSR count). The van der Waals surface area contributed by atoms with E-state index in [1.54, 1.807) is 24.9 Å². The molecule has 4 nitrogen and oxygen atoms in total. The average molecular weight is 381 g/mol. The molecule has 0 saturated carbocycles. The van der Waals surface area contributed by atoms with Crippen LogP contribution in [0.15, 0.2) is 69.0 Å². The molecule has 3 aromatic rings. The first-order chi connectivity index (χ1) is 13.1. The first kappa shape index (κ1) is 19.1. The fraction of sp³-hybridized carbons (Fsp3) is 0.227. The predicted molar refractivity (Wildman–Crippen MR) is 108 cm³/mol. The minimum absolute atomic E-state index is 0.210. The summed E-state index contributed by atoms with van der Waals surface area (Å²) in [5.74, 6) is 0.944. The Morgan fingerprint density at radius 2 is 1.78 bits per heavy atom. The monoisotopic (exact) mass is 381 g/mol. The highest BCUT2D eigenvalue weighted by Gasteiger charge is 2.13. The lowest BCUT2D eigenvalue weighted by Crippen LogP contribution is -2.25. The van der Waals surface area contributed by atoms with Crippen molar-refractivity contribution in [1.29, 1.82) is 0 Å². The van der Waals surface area contributed by atoms with Gasteiger partial charge in [0.15, 0.2) is 10.9 Å². The fourth-order valence-electron chi connectivity index (χ4n) is 2.87. The Kier molecular flexibility index (Phi) is 6.24. The summed E-state index contributed by atoms with van der Waals surface area (Å²) in [6.07, 6.45) is 0.695. The highest BCUT2D eigenvalue weighted by molar-refractivity contribution is 7.99. The van der Waals surface area contributed by atoms with Gasteiger partial charge in [-0.2, -0.15) is 0 Å². The number of aryl methyl sites for hydroxylation is 2. The zero-order valence-corrected chi connectivity index (χ0v) is 16.6. The molecule has 0 fully saturated rings. The Hall–Kier alpha value is -2.66. The van der Waals surface area contributed by atoms with Gasteiger partial charge in [0.1, 0.15) is 5.75 Å². The highest BCUT2D eigenvalue weighted by atomic mass is 32.2. The molecule has 0 atom stereocenters. The van der Waals surface area contributed by atoms with E-state index < -0.39 is 0 Å². The third-order valence-corrected chi connectivity index (χ3v) is 5.56. The maximum atomic E-state index is 12.3. The molecule has 0 saturated heterocycles. The molecule has 27 heavy (non-hydrogen) atoms. The summed E-state index contributed by atoms with van der Waals surface area (Å²) in [5, 5.41) is 3.61. The molecule has 140 valence electrons. The summed E-state index contributed by atoms with van der Waals surface area (Å²) in [5.41, 5.74) is 3.45. The van der Waals surface area contributed by atoms with Gasteiger partial charge in [-0.25, -0.2) is 0 Å². The molecule has 0 radical (unpaired) electrons. The molecule has 1 heterocycles. The van der Waals surface area contributed by atoms with E-state index in [9.17, 15) is 4.79 Å². The number of furan rings is 1. The van der Waals surface area contributed by atoms with E-state index in [0.29, 0.717) is 23.8 Å². The smallest absolute Gasteiger partial charge is 0.287 e. The predicted octanol–water partition coefficient (Wildman–Crippen LogP) is 5.03. The number of benzene rings is 2. The minimum atomic E-state index is -0.210. The van der Waals surface area contributed by atoms with E-state index >= 15 is 0 Å². The van der Waals surface area contributed by atoms with Crippen molar-refractivity contribution in [2.45, 2.75) is 30.3 Å². The molecule has 0 bridgehead atoms. The summed E-state index contributed by atoms with van der Waals surface area (Å²) >= 11 is 1.54. The van der Waals surface area contributed by atoms with Gasteiger partial charge in [0.2, 0.25) is 0 Å². The van der Waals surface area contributed by atoms with Crippen molar-refractivity contribution in [3.8, 4) is 5.75 Å². The molecule has 1 aromatic heterocycles. The van der Waals surface area contributed by atoms with E-state index in [2.05, 4.69) is 31.3 Å². The van der Waals surface area contributed by atoms with Crippen LogP contribution in [0.2, 0.25) is 0 Å². The Labute approximate surface area is 163 Å². The van der Waals surface area contributed by atoms with Crippen LogP contribution in [-0.4, -0.2) is 19.6 Å². The van der Waals surface area contributed by atoms with Crippen LogP contribution < -0.4 is 10.1 Å². The average Bonchev–Trinajstić information content (AvgIpc) is 3.14. The van der Waals surface area contributed by atoms with Crippen molar-refractivity contribution in [2.75, 3.05) is 13.7 Å². The molecule has 2 aromatic carbocycles. The van der Waals surface area contributed by atoms with Crippen molar-refractivity contribution < 1.29 is 13.9 Å². The van der Waals surface area contributed by atoms with Crippen LogP contribution in [0.3, 0.4) is 0 Å². The number of ether oxygens (including phenoxy) is 1. The number of hydrogen-bond acceptors (Lipinski definition) is 4. The van der Waals surface area contributed by atoms with Crippen molar-refractivity contribution in [3.63, 3.8) is 0 Å². The van der Waals surface area contributed by atoms with Gasteiger partial charge in [0.05, 0.1) is 7.11 Å². The standard InChI is InChI=1S/C22H23NO3S/c1-15-7-6-8-16(2)21(15)27-20-12-11-19(26-20)22(24)23-14-13-17-9-4-5-10-18(17)25-3/h4-12H,13-14H2,1-3H3,(H,23,24). The van der Waals surface area contributed by atoms with Crippen molar-refractivity contribution >= 4 is 17.7 Å². The zero-order valence-electron chi connectivity index (χ0n) is 15.7. The van der Waals surface area contributed by atoms with E-state index in [1.165, 1.54) is 11.1 Å². The van der Waals surface area contributed by atoms with Crippen molar-refractivity contribution in [1.82, 2.24) is 5.32 Å². The molecule has 1 N–H and O–H groups in total. The van der Waals surface area contributed by atoms with Gasteiger partial charge in [0.25, 0.3) is 5.91 Å². The van der Waals surface area contributed by atoms with Crippen LogP contribution in [0.5, 0.6) is 5.75 Å². The number of nitrogens with one attached hydrogen (secondary N) is 1. The Morgan fingerprint density at radius 1 is 1.04 bits per heavy atom. The van der Waals surface area contributed by atoms with Crippen molar-refractivity contribution in [2.24, 2.45) is 0 Å². The lowest BCUT2D eigenvalue weighted by atomic mass is 10.1. The second-order valence-electron chi connectivity index (χ2n) is 6.26. The molecule has 0 spiro atoms. The van der Waals surface area contributed by atoms with E-state index in [-0.39, 0.29) is 5.91 Å². The number of carbonyl (C=O) groups excluding carboxylic acids is 1. The van der Waals surface area contributed by atoms with Gasteiger partial charge >= 0.3 is 0 Å². The second-order valence-corrected chi connectivity index (χ2v) is 7.27. The van der Waals surface area contributed by atoms with Gasteiger partial charge in [-0.3, -0.25) is 4.79 Å². The summed E-state index contributed by atoms with van der Waals surface area (Å²) < 4.78 is 11.1. The molecule has 0 aliphatic carbocycles. The van der Waals surface area contributed by atoms with Crippen LogP contribution in [0.4, 0.5) is 0 Å².